The van der Waals surface area contributed by atoms with E-state index in [2.05, 4.69) is 21.9 Å². The molecule has 1 aliphatic rings. The first-order valence-corrected chi connectivity index (χ1v) is 9.77. The van der Waals surface area contributed by atoms with E-state index in [9.17, 15) is 14.7 Å². The molecule has 150 valence electrons. The molecule has 0 bridgehead atoms. The fourth-order valence-corrected chi connectivity index (χ4v) is 3.58. The minimum absolute atomic E-state index is 0.185. The van der Waals surface area contributed by atoms with Gasteiger partial charge < -0.3 is 15.2 Å². The number of carbonyl (C=O) groups excluding carboxylic acids is 2. The van der Waals surface area contributed by atoms with Gasteiger partial charge in [-0.15, -0.1) is 0 Å². The van der Waals surface area contributed by atoms with E-state index in [4.69, 9.17) is 11.6 Å². The Morgan fingerprint density at radius 3 is 2.62 bits per heavy atom. The molecule has 0 aromatic heterocycles. The number of carbonyl (C=O) groups is 2. The third-order valence-corrected chi connectivity index (χ3v) is 5.13. The maximum absolute atomic E-state index is 12.5. The number of hydrogen-bond acceptors (Lipinski definition) is 4. The first-order valence-electron chi connectivity index (χ1n) is 9.39. The number of benzene rings is 2. The first kappa shape index (κ1) is 20.9. The van der Waals surface area contributed by atoms with Gasteiger partial charge >= 0.3 is 5.97 Å². The summed E-state index contributed by atoms with van der Waals surface area (Å²) in [5.74, 6) is 5.24. The van der Waals surface area contributed by atoms with Gasteiger partial charge in [-0.2, -0.15) is 0 Å². The Bertz CT molecular complexity index is 961. The zero-order valence-electron chi connectivity index (χ0n) is 16.1. The van der Waals surface area contributed by atoms with Crippen LogP contribution in [0.5, 0.6) is 0 Å². The van der Waals surface area contributed by atoms with E-state index >= 15 is 0 Å². The van der Waals surface area contributed by atoms with E-state index in [-0.39, 0.29) is 11.9 Å². The third kappa shape index (κ3) is 5.60. The molecule has 2 N–H and O–H groups in total. The molecule has 0 unspecified atom stereocenters. The summed E-state index contributed by atoms with van der Waals surface area (Å²) >= 11 is 5.97. The van der Waals surface area contributed by atoms with Crippen molar-refractivity contribution in [2.45, 2.75) is 37.3 Å². The highest BCUT2D eigenvalue weighted by atomic mass is 35.5. The van der Waals surface area contributed by atoms with Crippen molar-refractivity contribution in [2.75, 3.05) is 7.11 Å². The molecule has 0 saturated heterocycles. The number of nitrogens with one attached hydrogen (secondary N) is 1. The van der Waals surface area contributed by atoms with Crippen molar-refractivity contribution >= 4 is 23.5 Å². The Hall–Kier alpha value is -2.81. The van der Waals surface area contributed by atoms with Gasteiger partial charge in [0.1, 0.15) is 5.60 Å². The molecule has 0 heterocycles. The smallest absolute Gasteiger partial charge is 0.337 e. The molecule has 3 rings (SSSR count). The number of hydrogen-bond donors (Lipinski definition) is 2. The lowest BCUT2D eigenvalue weighted by molar-refractivity contribution is 0.0451. The molecule has 5 nitrogen and oxygen atoms in total. The lowest BCUT2D eigenvalue weighted by Gasteiger charge is -2.33. The van der Waals surface area contributed by atoms with E-state index in [0.717, 1.165) is 18.4 Å². The summed E-state index contributed by atoms with van der Waals surface area (Å²) < 4.78 is 4.65. The molecule has 1 amide bonds. The fourth-order valence-electron chi connectivity index (χ4n) is 3.39. The van der Waals surface area contributed by atoms with E-state index in [1.807, 2.05) is 12.1 Å². The number of aliphatic hydroxyl groups is 1. The fraction of sp³-hybridized carbons (Fsp3) is 0.304. The standard InChI is InChI=1S/C23H22ClNO4/c1-29-22(27)18-9-7-17(8-10-18)21(26)25-20-6-3-12-23(28,15-20)13-11-16-4-2-5-19(24)14-16/h2,4-5,7-10,14,20,28H,3,6,12,15H2,1H3,(H,25,26)/t20-,23+/m0/s1. The summed E-state index contributed by atoms with van der Waals surface area (Å²) in [7, 11) is 1.31. The maximum Gasteiger partial charge on any atom is 0.337 e. The van der Waals surface area contributed by atoms with Gasteiger partial charge in [-0.25, -0.2) is 4.79 Å². The largest absolute Gasteiger partial charge is 0.465 e. The SMILES string of the molecule is COC(=O)c1ccc(C(=O)N[C@H]2CCC[C@@](O)(C#Cc3cccc(Cl)c3)C2)cc1. The molecule has 0 radical (unpaired) electrons. The second kappa shape index (κ2) is 9.13. The second-order valence-electron chi connectivity index (χ2n) is 7.13. The van der Waals surface area contributed by atoms with Gasteiger partial charge in [0.2, 0.25) is 0 Å². The van der Waals surface area contributed by atoms with Crippen molar-refractivity contribution in [3.63, 3.8) is 0 Å². The lowest BCUT2D eigenvalue weighted by atomic mass is 9.82. The molecule has 1 saturated carbocycles. The van der Waals surface area contributed by atoms with Gasteiger partial charge in [-0.05, 0) is 61.7 Å². The van der Waals surface area contributed by atoms with Gasteiger partial charge in [0.25, 0.3) is 5.91 Å². The molecular weight excluding hydrogens is 390 g/mol. The van der Waals surface area contributed by atoms with Gasteiger partial charge in [-0.3, -0.25) is 4.79 Å². The average Bonchev–Trinajstić information content (AvgIpc) is 2.72. The van der Waals surface area contributed by atoms with Crippen molar-refractivity contribution in [1.29, 1.82) is 0 Å². The highest BCUT2D eigenvalue weighted by molar-refractivity contribution is 6.30. The van der Waals surface area contributed by atoms with Crippen LogP contribution in [0.25, 0.3) is 0 Å². The highest BCUT2D eigenvalue weighted by Gasteiger charge is 2.33. The summed E-state index contributed by atoms with van der Waals surface area (Å²) in [5.41, 5.74) is 0.403. The topological polar surface area (TPSA) is 75.6 Å². The van der Waals surface area contributed by atoms with Crippen LogP contribution < -0.4 is 5.32 Å². The van der Waals surface area contributed by atoms with Gasteiger partial charge in [0, 0.05) is 28.6 Å². The predicted molar refractivity (Wildman–Crippen MR) is 111 cm³/mol. The third-order valence-electron chi connectivity index (χ3n) is 4.89. The van der Waals surface area contributed by atoms with Crippen LogP contribution in [0.1, 0.15) is 52.0 Å². The Morgan fingerprint density at radius 1 is 1.21 bits per heavy atom. The monoisotopic (exact) mass is 411 g/mol. The van der Waals surface area contributed by atoms with Crippen LogP contribution in [-0.4, -0.2) is 35.7 Å². The zero-order chi connectivity index (χ0) is 20.9. The van der Waals surface area contributed by atoms with Gasteiger partial charge in [0.05, 0.1) is 12.7 Å². The quantitative estimate of drug-likeness (QED) is 0.598. The van der Waals surface area contributed by atoms with Crippen molar-refractivity contribution in [3.05, 3.63) is 70.2 Å². The Labute approximate surface area is 175 Å². The molecule has 2 aromatic rings. The molecule has 0 spiro atoms. The highest BCUT2D eigenvalue weighted by Crippen LogP contribution is 2.28. The number of methoxy groups -OCH3 is 1. The van der Waals surface area contributed by atoms with Gasteiger partial charge in [0.15, 0.2) is 0 Å². The van der Waals surface area contributed by atoms with Crippen molar-refractivity contribution in [3.8, 4) is 11.8 Å². The van der Waals surface area contributed by atoms with Crippen LogP contribution in [0.15, 0.2) is 48.5 Å². The summed E-state index contributed by atoms with van der Waals surface area (Å²) in [6.07, 6.45) is 2.44. The first-order chi connectivity index (χ1) is 13.9. The molecule has 29 heavy (non-hydrogen) atoms. The minimum atomic E-state index is -1.16. The van der Waals surface area contributed by atoms with Gasteiger partial charge in [-0.1, -0.05) is 29.5 Å². The van der Waals surface area contributed by atoms with Crippen LogP contribution in [0.2, 0.25) is 5.02 Å². The minimum Gasteiger partial charge on any atom is -0.465 e. The summed E-state index contributed by atoms with van der Waals surface area (Å²) in [6.45, 7) is 0. The molecule has 1 aliphatic carbocycles. The molecule has 1 fully saturated rings. The summed E-state index contributed by atoms with van der Waals surface area (Å²) in [5, 5.41) is 14.4. The van der Waals surface area contributed by atoms with Crippen LogP contribution in [-0.2, 0) is 4.74 Å². The van der Waals surface area contributed by atoms with Crippen molar-refractivity contribution in [1.82, 2.24) is 5.32 Å². The predicted octanol–water partition coefficient (Wildman–Crippen LogP) is 3.58. The maximum atomic E-state index is 12.5. The van der Waals surface area contributed by atoms with E-state index in [1.54, 1.807) is 36.4 Å². The summed E-state index contributed by atoms with van der Waals surface area (Å²) in [6, 6.07) is 13.2. The number of esters is 1. The van der Waals surface area contributed by atoms with Crippen LogP contribution >= 0.6 is 11.6 Å². The molecule has 0 aliphatic heterocycles. The van der Waals surface area contributed by atoms with Crippen LogP contribution in [0.3, 0.4) is 0 Å². The van der Waals surface area contributed by atoms with Crippen molar-refractivity contribution < 1.29 is 19.4 Å². The number of halogens is 1. The van der Waals surface area contributed by atoms with Crippen molar-refractivity contribution in [2.24, 2.45) is 0 Å². The number of amides is 1. The number of rotatable bonds is 3. The van der Waals surface area contributed by atoms with E-state index < -0.39 is 11.6 Å². The Morgan fingerprint density at radius 2 is 1.93 bits per heavy atom. The van der Waals surface area contributed by atoms with Crippen LogP contribution in [0.4, 0.5) is 0 Å². The number of ether oxygens (including phenoxy) is 1. The van der Waals surface area contributed by atoms with E-state index in [1.165, 1.54) is 7.11 Å². The zero-order valence-corrected chi connectivity index (χ0v) is 16.8. The molecular formula is C23H22ClNO4. The Balaban J connectivity index is 1.64. The Kier molecular flexibility index (Phi) is 6.58. The molecule has 6 heteroatoms. The summed E-state index contributed by atoms with van der Waals surface area (Å²) in [4.78, 5) is 24.0. The van der Waals surface area contributed by atoms with Crippen LogP contribution in [0, 0.1) is 11.8 Å². The van der Waals surface area contributed by atoms with E-state index in [0.29, 0.717) is 29.0 Å². The second-order valence-corrected chi connectivity index (χ2v) is 7.56. The average molecular weight is 412 g/mol. The normalized spacial score (nSPS) is 20.9. The lowest BCUT2D eigenvalue weighted by Crippen LogP contribution is -2.45. The molecule has 2 aromatic carbocycles. The molecule has 2 atom stereocenters.